The Balaban J connectivity index is 2.44. The van der Waals surface area contributed by atoms with Crippen LogP contribution in [0.25, 0.3) is 10.9 Å². The number of hydrogen-bond acceptors (Lipinski definition) is 2. The topological polar surface area (TPSA) is 22.1 Å². The molecule has 0 saturated carbocycles. The Morgan fingerprint density at radius 1 is 1.27 bits per heavy atom. The average molecular weight is 264 g/mol. The van der Waals surface area contributed by atoms with Crippen molar-refractivity contribution in [2.45, 2.75) is 12.8 Å². The van der Waals surface area contributed by atoms with Crippen LogP contribution in [0.3, 0.4) is 0 Å². The van der Waals surface area contributed by atoms with Gasteiger partial charge in [-0.05, 0) is 52.5 Å². The molecule has 3 heteroatoms. The second-order valence-electron chi connectivity index (χ2n) is 3.69. The highest BCUT2D eigenvalue weighted by atomic mass is 79.9. The van der Waals surface area contributed by atoms with Gasteiger partial charge in [-0.3, -0.25) is 4.98 Å². The Hall–Kier alpha value is -1.09. The van der Waals surface area contributed by atoms with E-state index in [0.717, 1.165) is 35.2 Å². The summed E-state index contributed by atoms with van der Waals surface area (Å²) >= 11 is 3.53. The van der Waals surface area contributed by atoms with E-state index < -0.39 is 0 Å². The van der Waals surface area contributed by atoms with Crippen LogP contribution in [0.5, 0.6) is 5.75 Å². The highest BCUT2D eigenvalue weighted by Crippen LogP contribution is 2.34. The summed E-state index contributed by atoms with van der Waals surface area (Å²) in [5.74, 6) is 0.966. The Morgan fingerprint density at radius 3 is 3.13 bits per heavy atom. The van der Waals surface area contributed by atoms with Crippen molar-refractivity contribution in [2.24, 2.45) is 0 Å². The number of aryl methyl sites for hydroxylation is 1. The lowest BCUT2D eigenvalue weighted by Gasteiger charge is -2.08. The van der Waals surface area contributed by atoms with E-state index in [0.29, 0.717) is 0 Å². The third-order valence-electron chi connectivity index (χ3n) is 2.74. The van der Waals surface area contributed by atoms with Crippen LogP contribution >= 0.6 is 15.9 Å². The predicted octanol–water partition coefficient (Wildman–Crippen LogP) is 3.32. The summed E-state index contributed by atoms with van der Waals surface area (Å²) in [6.45, 7) is 0.797. The van der Waals surface area contributed by atoms with Gasteiger partial charge < -0.3 is 4.74 Å². The summed E-state index contributed by atoms with van der Waals surface area (Å²) in [5, 5.41) is 1.17. The summed E-state index contributed by atoms with van der Waals surface area (Å²) in [5.41, 5.74) is 2.35. The molecule has 1 aromatic carbocycles. The van der Waals surface area contributed by atoms with Gasteiger partial charge in [0.05, 0.1) is 12.1 Å². The van der Waals surface area contributed by atoms with Crippen LogP contribution < -0.4 is 4.74 Å². The van der Waals surface area contributed by atoms with Crippen molar-refractivity contribution in [3.05, 3.63) is 34.4 Å². The number of halogens is 1. The van der Waals surface area contributed by atoms with Crippen LogP contribution in [0.4, 0.5) is 0 Å². The Bertz CT molecular complexity index is 512. The van der Waals surface area contributed by atoms with E-state index in [4.69, 9.17) is 4.74 Å². The largest absolute Gasteiger partial charge is 0.493 e. The van der Waals surface area contributed by atoms with Crippen LogP contribution in [0.15, 0.2) is 28.9 Å². The van der Waals surface area contributed by atoms with E-state index in [2.05, 4.69) is 27.0 Å². The lowest BCUT2D eigenvalue weighted by molar-refractivity contribution is 0.319. The number of pyridine rings is 1. The maximum atomic E-state index is 5.71. The van der Waals surface area contributed by atoms with Crippen molar-refractivity contribution in [3.8, 4) is 5.75 Å². The first kappa shape index (κ1) is 9.16. The number of benzene rings is 1. The summed E-state index contributed by atoms with van der Waals surface area (Å²) in [7, 11) is 0. The van der Waals surface area contributed by atoms with Crippen LogP contribution in [-0.2, 0) is 6.42 Å². The summed E-state index contributed by atoms with van der Waals surface area (Å²) in [6.07, 6.45) is 4.02. The van der Waals surface area contributed by atoms with Crippen LogP contribution in [0, 0.1) is 0 Å². The fourth-order valence-electron chi connectivity index (χ4n) is 2.04. The van der Waals surface area contributed by atoms with E-state index in [-0.39, 0.29) is 0 Å². The van der Waals surface area contributed by atoms with Gasteiger partial charge in [0, 0.05) is 16.1 Å². The minimum Gasteiger partial charge on any atom is -0.493 e. The first-order valence-electron chi connectivity index (χ1n) is 5.05. The quantitative estimate of drug-likeness (QED) is 0.728. The van der Waals surface area contributed by atoms with Crippen molar-refractivity contribution < 1.29 is 4.74 Å². The summed E-state index contributed by atoms with van der Waals surface area (Å²) < 4.78 is 6.75. The van der Waals surface area contributed by atoms with Crippen LogP contribution in [0.2, 0.25) is 0 Å². The minimum absolute atomic E-state index is 0.797. The lowest BCUT2D eigenvalue weighted by atomic mass is 10.1. The third-order valence-corrected chi connectivity index (χ3v) is 3.38. The monoisotopic (exact) mass is 263 g/mol. The van der Waals surface area contributed by atoms with Gasteiger partial charge in [-0.15, -0.1) is 0 Å². The van der Waals surface area contributed by atoms with Gasteiger partial charge in [0.2, 0.25) is 0 Å². The van der Waals surface area contributed by atoms with Crippen molar-refractivity contribution in [3.63, 3.8) is 0 Å². The predicted molar refractivity (Wildman–Crippen MR) is 63.3 cm³/mol. The van der Waals surface area contributed by atoms with Gasteiger partial charge in [-0.25, -0.2) is 0 Å². The molecule has 2 nitrogen and oxygen atoms in total. The number of ether oxygens (including phenoxy) is 1. The molecule has 0 fully saturated rings. The first-order chi connectivity index (χ1) is 7.36. The fourth-order valence-corrected chi connectivity index (χ4v) is 2.48. The Labute approximate surface area is 96.4 Å². The molecule has 76 valence electrons. The minimum atomic E-state index is 0.797. The summed E-state index contributed by atoms with van der Waals surface area (Å²) in [4.78, 5) is 4.40. The second-order valence-corrected chi connectivity index (χ2v) is 4.55. The van der Waals surface area contributed by atoms with E-state index in [1.807, 2.05) is 18.3 Å². The van der Waals surface area contributed by atoms with Gasteiger partial charge in [-0.1, -0.05) is 0 Å². The molecule has 3 rings (SSSR count). The zero-order valence-electron chi connectivity index (χ0n) is 8.16. The zero-order valence-corrected chi connectivity index (χ0v) is 9.75. The first-order valence-corrected chi connectivity index (χ1v) is 5.84. The van der Waals surface area contributed by atoms with Crippen LogP contribution in [-0.4, -0.2) is 11.6 Å². The molecular formula is C12H10BrNO. The molecule has 0 N–H and O–H groups in total. The number of hydrogen-bond donors (Lipinski definition) is 0. The zero-order chi connectivity index (χ0) is 10.3. The number of nitrogens with zero attached hydrogens (tertiary/aromatic N) is 1. The van der Waals surface area contributed by atoms with E-state index >= 15 is 0 Å². The number of rotatable bonds is 0. The van der Waals surface area contributed by atoms with Gasteiger partial charge in [0.15, 0.2) is 0 Å². The SMILES string of the molecule is Brc1ccc2c3c(ccnc13)CCCO2. The van der Waals surface area contributed by atoms with Gasteiger partial charge >= 0.3 is 0 Å². The smallest absolute Gasteiger partial charge is 0.129 e. The van der Waals surface area contributed by atoms with Crippen molar-refractivity contribution >= 4 is 26.8 Å². The van der Waals surface area contributed by atoms with E-state index in [9.17, 15) is 0 Å². The van der Waals surface area contributed by atoms with Gasteiger partial charge in [0.1, 0.15) is 5.75 Å². The number of aromatic nitrogens is 1. The third kappa shape index (κ3) is 1.42. The molecule has 0 atom stereocenters. The molecule has 0 radical (unpaired) electrons. The maximum absolute atomic E-state index is 5.71. The normalized spacial score (nSPS) is 14.7. The highest BCUT2D eigenvalue weighted by molar-refractivity contribution is 9.10. The fraction of sp³-hybridized carbons (Fsp3) is 0.250. The van der Waals surface area contributed by atoms with E-state index in [1.165, 1.54) is 10.9 Å². The average Bonchev–Trinajstić information content (AvgIpc) is 2.47. The molecule has 15 heavy (non-hydrogen) atoms. The molecule has 1 aromatic heterocycles. The lowest BCUT2D eigenvalue weighted by Crippen LogP contribution is -1.94. The summed E-state index contributed by atoms with van der Waals surface area (Å²) in [6, 6.07) is 6.11. The van der Waals surface area contributed by atoms with Gasteiger partial charge in [-0.2, -0.15) is 0 Å². The molecular weight excluding hydrogens is 254 g/mol. The molecule has 0 bridgehead atoms. The highest BCUT2D eigenvalue weighted by Gasteiger charge is 2.13. The van der Waals surface area contributed by atoms with Crippen molar-refractivity contribution in [2.75, 3.05) is 6.61 Å². The molecule has 2 aromatic rings. The molecule has 0 amide bonds. The van der Waals surface area contributed by atoms with Crippen LogP contribution in [0.1, 0.15) is 12.0 Å². The Morgan fingerprint density at radius 2 is 2.20 bits per heavy atom. The molecule has 0 aliphatic carbocycles. The molecule has 1 aliphatic heterocycles. The molecule has 0 saturated heterocycles. The molecule has 2 heterocycles. The molecule has 1 aliphatic rings. The second kappa shape index (κ2) is 3.49. The molecule has 0 spiro atoms. The van der Waals surface area contributed by atoms with Crippen molar-refractivity contribution in [1.29, 1.82) is 0 Å². The maximum Gasteiger partial charge on any atom is 0.129 e. The molecule has 0 unspecified atom stereocenters. The Kier molecular flexibility index (Phi) is 2.13. The standard InChI is InChI=1S/C12H10BrNO/c13-9-3-4-10-11-8(2-1-7-15-10)5-6-14-12(9)11/h3-6H,1-2,7H2. The van der Waals surface area contributed by atoms with Gasteiger partial charge in [0.25, 0.3) is 0 Å². The van der Waals surface area contributed by atoms with E-state index in [1.54, 1.807) is 0 Å². The van der Waals surface area contributed by atoms with Crippen molar-refractivity contribution in [1.82, 2.24) is 4.98 Å².